The summed E-state index contributed by atoms with van der Waals surface area (Å²) in [5.41, 5.74) is 0.331. The molecule has 0 saturated heterocycles. The number of hydrogen-bond acceptors (Lipinski definition) is 6. The van der Waals surface area contributed by atoms with E-state index in [0.717, 1.165) is 23.1 Å². The van der Waals surface area contributed by atoms with E-state index < -0.39 is 0 Å². The molecule has 0 aliphatic carbocycles. The van der Waals surface area contributed by atoms with Crippen LogP contribution in [-0.2, 0) is 29.1 Å². The van der Waals surface area contributed by atoms with Gasteiger partial charge in [-0.3, -0.25) is 0 Å². The largest absolute Gasteiger partial charge is 0.449 e. The molecule has 146 valence electrons. The van der Waals surface area contributed by atoms with Crippen molar-refractivity contribution in [3.05, 3.63) is 54.0 Å². The molecule has 0 N–H and O–H groups in total. The Labute approximate surface area is 160 Å². The van der Waals surface area contributed by atoms with Gasteiger partial charge in [0.15, 0.2) is 18.2 Å². The maximum Gasteiger partial charge on any atom is 0.199 e. The lowest BCUT2D eigenvalue weighted by Gasteiger charge is -2.21. The molecule has 0 aliphatic rings. The summed E-state index contributed by atoms with van der Waals surface area (Å²) in [5, 5.41) is 0. The fraction of sp³-hybridized carbons (Fsp3) is 0.571. The van der Waals surface area contributed by atoms with E-state index in [1.807, 2.05) is 6.20 Å². The fourth-order valence-electron chi connectivity index (χ4n) is 2.98. The molecule has 6 nitrogen and oxygen atoms in total. The van der Waals surface area contributed by atoms with E-state index in [1.54, 1.807) is 12.5 Å². The number of oxazole rings is 3. The number of nitrogens with zero attached hydrogens (tertiary/aromatic N) is 3. The summed E-state index contributed by atoms with van der Waals surface area (Å²) in [4.78, 5) is 13.2. The molecule has 0 fully saturated rings. The number of rotatable bonds is 6. The maximum absolute atomic E-state index is 5.95. The lowest BCUT2D eigenvalue weighted by atomic mass is 9.85. The van der Waals surface area contributed by atoms with E-state index in [2.05, 4.69) is 58.4 Å². The zero-order chi connectivity index (χ0) is 19.9. The van der Waals surface area contributed by atoms with Gasteiger partial charge in [0.2, 0.25) is 0 Å². The normalized spacial score (nSPS) is 13.3. The summed E-state index contributed by atoms with van der Waals surface area (Å²) >= 11 is 0. The minimum absolute atomic E-state index is 0.101. The number of hydrogen-bond donors (Lipinski definition) is 0. The zero-order valence-electron chi connectivity index (χ0n) is 17.3. The van der Waals surface area contributed by atoms with Crippen molar-refractivity contribution in [1.29, 1.82) is 0 Å². The van der Waals surface area contributed by atoms with Gasteiger partial charge in [-0.1, -0.05) is 48.5 Å². The Morgan fingerprint density at radius 2 is 1.63 bits per heavy atom. The topological polar surface area (TPSA) is 78.1 Å². The molecular weight excluding hydrogens is 342 g/mol. The van der Waals surface area contributed by atoms with Gasteiger partial charge in [-0.25, -0.2) is 15.0 Å². The van der Waals surface area contributed by atoms with Crippen LogP contribution in [0.1, 0.15) is 77.5 Å². The van der Waals surface area contributed by atoms with E-state index in [4.69, 9.17) is 18.2 Å². The van der Waals surface area contributed by atoms with Crippen LogP contribution < -0.4 is 0 Å². The van der Waals surface area contributed by atoms with Crippen molar-refractivity contribution in [3.63, 3.8) is 0 Å². The first kappa shape index (κ1) is 19.4. The Morgan fingerprint density at radius 1 is 0.889 bits per heavy atom. The first-order valence-corrected chi connectivity index (χ1v) is 9.26. The predicted octanol–water partition coefficient (Wildman–Crippen LogP) is 4.99. The molecule has 27 heavy (non-hydrogen) atoms. The highest BCUT2D eigenvalue weighted by atomic mass is 16.4. The molecule has 0 aromatic carbocycles. The van der Waals surface area contributed by atoms with Crippen LogP contribution >= 0.6 is 0 Å². The van der Waals surface area contributed by atoms with Crippen LogP contribution in [0.4, 0.5) is 0 Å². The van der Waals surface area contributed by atoms with Crippen molar-refractivity contribution < 1.29 is 13.3 Å². The third-order valence-electron chi connectivity index (χ3n) is 4.75. The van der Waals surface area contributed by atoms with Gasteiger partial charge in [0, 0.05) is 29.1 Å². The fourth-order valence-corrected chi connectivity index (χ4v) is 2.98. The van der Waals surface area contributed by atoms with Crippen molar-refractivity contribution in [3.8, 4) is 0 Å². The number of aromatic nitrogens is 3. The van der Waals surface area contributed by atoms with Crippen LogP contribution in [0, 0.1) is 0 Å². The van der Waals surface area contributed by atoms with Crippen molar-refractivity contribution in [2.24, 2.45) is 0 Å². The Morgan fingerprint density at radius 3 is 2.22 bits per heavy atom. The average molecular weight is 371 g/mol. The van der Waals surface area contributed by atoms with Crippen LogP contribution in [0.25, 0.3) is 0 Å². The molecule has 6 heteroatoms. The Bertz CT molecular complexity index is 880. The van der Waals surface area contributed by atoms with Crippen LogP contribution in [0.15, 0.2) is 38.3 Å². The molecule has 0 amide bonds. The van der Waals surface area contributed by atoms with E-state index in [1.165, 1.54) is 6.39 Å². The molecular formula is C21H29N3O3. The predicted molar refractivity (Wildman–Crippen MR) is 102 cm³/mol. The highest BCUT2D eigenvalue weighted by molar-refractivity contribution is 5.17. The highest BCUT2D eigenvalue weighted by Crippen LogP contribution is 2.32. The molecule has 0 unspecified atom stereocenters. The van der Waals surface area contributed by atoms with Crippen LogP contribution in [-0.4, -0.2) is 15.0 Å². The first-order valence-electron chi connectivity index (χ1n) is 9.26. The zero-order valence-corrected chi connectivity index (χ0v) is 17.3. The van der Waals surface area contributed by atoms with Crippen molar-refractivity contribution in [2.75, 3.05) is 0 Å². The standard InChI is InChI=1S/C21H29N3O3/c1-19(2,3)18-23-10-14(27-18)8-20(4,5)15-12-25-17(24-15)9-21(6,7)16-11-22-13-26-16/h10-13H,8-9H2,1-7H3. The van der Waals surface area contributed by atoms with Gasteiger partial charge >= 0.3 is 0 Å². The Balaban J connectivity index is 1.73. The summed E-state index contributed by atoms with van der Waals surface area (Å²) < 4.78 is 17.2. The monoisotopic (exact) mass is 371 g/mol. The summed E-state index contributed by atoms with van der Waals surface area (Å²) in [6.45, 7) is 14.7. The van der Waals surface area contributed by atoms with Crippen LogP contribution in [0.3, 0.4) is 0 Å². The smallest absolute Gasteiger partial charge is 0.199 e. The summed E-state index contributed by atoms with van der Waals surface area (Å²) in [5.74, 6) is 3.12. The van der Waals surface area contributed by atoms with Gasteiger partial charge < -0.3 is 13.3 Å². The van der Waals surface area contributed by atoms with Gasteiger partial charge in [0.1, 0.15) is 17.8 Å². The van der Waals surface area contributed by atoms with Gasteiger partial charge in [-0.15, -0.1) is 0 Å². The van der Waals surface area contributed by atoms with Gasteiger partial charge in [0.05, 0.1) is 18.1 Å². The lowest BCUT2D eigenvalue weighted by Crippen LogP contribution is -2.22. The second-order valence-electron chi connectivity index (χ2n) is 9.50. The molecule has 0 aliphatic heterocycles. The quantitative estimate of drug-likeness (QED) is 0.607. The summed E-state index contributed by atoms with van der Waals surface area (Å²) in [7, 11) is 0. The van der Waals surface area contributed by atoms with Crippen molar-refractivity contribution in [1.82, 2.24) is 15.0 Å². The molecule has 0 bridgehead atoms. The van der Waals surface area contributed by atoms with Crippen molar-refractivity contribution in [2.45, 2.75) is 77.6 Å². The summed E-state index contributed by atoms with van der Waals surface area (Å²) in [6, 6.07) is 0. The third kappa shape index (κ3) is 4.31. The Hall–Kier alpha value is -2.37. The molecule has 3 rings (SSSR count). The van der Waals surface area contributed by atoms with E-state index in [-0.39, 0.29) is 16.2 Å². The minimum Gasteiger partial charge on any atom is -0.449 e. The molecule has 3 heterocycles. The van der Waals surface area contributed by atoms with Gasteiger partial charge in [0.25, 0.3) is 0 Å². The molecule has 3 aromatic heterocycles. The Kier molecular flexibility index (Phi) is 4.78. The van der Waals surface area contributed by atoms with E-state index in [9.17, 15) is 0 Å². The molecule has 0 radical (unpaired) electrons. The van der Waals surface area contributed by atoms with Gasteiger partial charge in [-0.2, -0.15) is 0 Å². The molecule has 0 spiro atoms. The van der Waals surface area contributed by atoms with Crippen molar-refractivity contribution >= 4 is 0 Å². The second-order valence-corrected chi connectivity index (χ2v) is 9.50. The average Bonchev–Trinajstić information content (AvgIpc) is 3.27. The SMILES string of the molecule is CC(C)(C)c1ncc(CC(C)(C)c2coc(CC(C)(C)c3cnco3)n2)o1. The van der Waals surface area contributed by atoms with E-state index in [0.29, 0.717) is 18.7 Å². The lowest BCUT2D eigenvalue weighted by molar-refractivity contribution is 0.349. The highest BCUT2D eigenvalue weighted by Gasteiger charge is 2.31. The van der Waals surface area contributed by atoms with Crippen LogP contribution in [0.5, 0.6) is 0 Å². The first-order chi connectivity index (χ1) is 12.5. The molecule has 3 aromatic rings. The van der Waals surface area contributed by atoms with Gasteiger partial charge in [-0.05, 0) is 0 Å². The molecule has 0 saturated carbocycles. The second kappa shape index (κ2) is 6.66. The van der Waals surface area contributed by atoms with E-state index >= 15 is 0 Å². The third-order valence-corrected chi connectivity index (χ3v) is 4.75. The maximum atomic E-state index is 5.95. The molecule has 0 atom stereocenters. The minimum atomic E-state index is -0.241. The van der Waals surface area contributed by atoms with Crippen LogP contribution in [0.2, 0.25) is 0 Å². The summed E-state index contributed by atoms with van der Waals surface area (Å²) in [6.07, 6.45) is 8.08.